The maximum Gasteiger partial charge on any atom is 0.225 e. The molecule has 0 heterocycles. The minimum absolute atomic E-state index is 0.0277. The van der Waals surface area contributed by atoms with Crippen LogP contribution in [0.25, 0.3) is 0 Å². The highest BCUT2D eigenvalue weighted by molar-refractivity contribution is 6.19. The van der Waals surface area contributed by atoms with Crippen LogP contribution in [0.4, 0.5) is 5.69 Å². The number of aryl methyl sites for hydroxylation is 3. The third-order valence-electron chi connectivity index (χ3n) is 2.26. The number of carbonyl (C=O) groups excluding carboxylic acids is 1. The molecule has 0 aliphatic rings. The van der Waals surface area contributed by atoms with Gasteiger partial charge in [0.1, 0.15) is 0 Å². The Morgan fingerprint density at radius 1 is 1.27 bits per heavy atom. The van der Waals surface area contributed by atoms with Crippen LogP contribution in [0.5, 0.6) is 0 Å². The lowest BCUT2D eigenvalue weighted by molar-refractivity contribution is -0.115. The van der Waals surface area contributed by atoms with Crippen LogP contribution in [0.2, 0.25) is 0 Å². The zero-order valence-corrected chi connectivity index (χ0v) is 10.1. The van der Waals surface area contributed by atoms with Gasteiger partial charge in [-0.25, -0.2) is 0 Å². The smallest absolute Gasteiger partial charge is 0.225 e. The van der Waals surface area contributed by atoms with Crippen LogP contribution in [-0.4, -0.2) is 11.8 Å². The Morgan fingerprint density at radius 3 is 2.27 bits per heavy atom. The molecule has 3 heteroatoms. The summed E-state index contributed by atoms with van der Waals surface area (Å²) in [6.45, 7) is 6.04. The Kier molecular flexibility index (Phi) is 4.15. The fourth-order valence-electron chi connectivity index (χ4n) is 1.66. The molecule has 0 radical (unpaired) electrons. The van der Waals surface area contributed by atoms with Crippen LogP contribution in [0.1, 0.15) is 23.1 Å². The molecule has 0 unspecified atom stereocenters. The summed E-state index contributed by atoms with van der Waals surface area (Å²) >= 11 is 5.51. The largest absolute Gasteiger partial charge is 0.326 e. The SMILES string of the molecule is Cc1cc(C)c(NC(=O)CCCl)c(C)c1. The van der Waals surface area contributed by atoms with E-state index in [4.69, 9.17) is 11.6 Å². The number of halogens is 1. The summed E-state index contributed by atoms with van der Waals surface area (Å²) in [6.07, 6.45) is 0.355. The van der Waals surface area contributed by atoms with Crippen LogP contribution in [0.15, 0.2) is 12.1 Å². The monoisotopic (exact) mass is 225 g/mol. The van der Waals surface area contributed by atoms with Crippen LogP contribution in [0.3, 0.4) is 0 Å². The maximum absolute atomic E-state index is 11.4. The fourth-order valence-corrected chi connectivity index (χ4v) is 1.84. The van der Waals surface area contributed by atoms with E-state index in [-0.39, 0.29) is 5.91 Å². The first-order valence-corrected chi connectivity index (χ1v) is 5.51. The number of anilines is 1. The summed E-state index contributed by atoms with van der Waals surface area (Å²) in [7, 11) is 0. The van der Waals surface area contributed by atoms with Gasteiger partial charge < -0.3 is 5.32 Å². The average Bonchev–Trinajstić information content (AvgIpc) is 2.11. The van der Waals surface area contributed by atoms with Crippen molar-refractivity contribution >= 4 is 23.2 Å². The van der Waals surface area contributed by atoms with Crippen LogP contribution in [0, 0.1) is 20.8 Å². The normalized spacial score (nSPS) is 10.1. The molecule has 0 atom stereocenters. The topological polar surface area (TPSA) is 29.1 Å². The number of hydrogen-bond acceptors (Lipinski definition) is 1. The van der Waals surface area contributed by atoms with Crippen molar-refractivity contribution in [2.75, 3.05) is 11.2 Å². The number of alkyl halides is 1. The van der Waals surface area contributed by atoms with E-state index in [1.165, 1.54) is 5.56 Å². The summed E-state index contributed by atoms with van der Waals surface area (Å²) < 4.78 is 0. The highest BCUT2D eigenvalue weighted by Gasteiger charge is 2.07. The first-order chi connectivity index (χ1) is 7.04. The van der Waals surface area contributed by atoms with Gasteiger partial charge in [-0.3, -0.25) is 4.79 Å². The molecule has 0 aliphatic heterocycles. The second-order valence-corrected chi connectivity index (χ2v) is 4.14. The molecule has 0 saturated heterocycles. The Labute approximate surface area is 95.6 Å². The summed E-state index contributed by atoms with van der Waals surface area (Å²) in [5.74, 6) is 0.329. The second kappa shape index (κ2) is 5.17. The number of nitrogens with one attached hydrogen (secondary N) is 1. The molecule has 1 amide bonds. The molecule has 1 aromatic rings. The van der Waals surface area contributed by atoms with Gasteiger partial charge in [0, 0.05) is 18.0 Å². The highest BCUT2D eigenvalue weighted by atomic mass is 35.5. The predicted molar refractivity (Wildman–Crippen MR) is 64.6 cm³/mol. The zero-order valence-electron chi connectivity index (χ0n) is 9.36. The molecule has 1 aromatic carbocycles. The van der Waals surface area contributed by atoms with E-state index in [1.54, 1.807) is 0 Å². The molecule has 2 nitrogen and oxygen atoms in total. The minimum Gasteiger partial charge on any atom is -0.326 e. The summed E-state index contributed by atoms with van der Waals surface area (Å²) in [5, 5.41) is 2.88. The lowest BCUT2D eigenvalue weighted by atomic mass is 10.1. The van der Waals surface area contributed by atoms with Gasteiger partial charge in [0.15, 0.2) is 0 Å². The molecule has 82 valence electrons. The van der Waals surface area contributed by atoms with Crippen LogP contribution >= 0.6 is 11.6 Å². The molecule has 0 aliphatic carbocycles. The number of carbonyl (C=O) groups is 1. The Balaban J connectivity index is 2.90. The van der Waals surface area contributed by atoms with Crippen molar-refractivity contribution in [2.24, 2.45) is 0 Å². The molecular formula is C12H16ClNO. The summed E-state index contributed by atoms with van der Waals surface area (Å²) in [6, 6.07) is 4.12. The predicted octanol–water partition coefficient (Wildman–Crippen LogP) is 3.18. The lowest BCUT2D eigenvalue weighted by Crippen LogP contribution is -2.13. The van der Waals surface area contributed by atoms with E-state index in [0.29, 0.717) is 12.3 Å². The maximum atomic E-state index is 11.4. The quantitative estimate of drug-likeness (QED) is 0.787. The van der Waals surface area contributed by atoms with E-state index in [0.717, 1.165) is 16.8 Å². The molecule has 0 bridgehead atoms. The van der Waals surface area contributed by atoms with Crippen molar-refractivity contribution in [3.8, 4) is 0 Å². The van der Waals surface area contributed by atoms with Crippen LogP contribution in [-0.2, 0) is 4.79 Å². The molecule has 0 fully saturated rings. The van der Waals surface area contributed by atoms with Gasteiger partial charge in [-0.05, 0) is 31.9 Å². The summed E-state index contributed by atoms with van der Waals surface area (Å²) in [5.41, 5.74) is 4.31. The summed E-state index contributed by atoms with van der Waals surface area (Å²) in [4.78, 5) is 11.4. The molecule has 1 N–H and O–H groups in total. The third kappa shape index (κ3) is 3.24. The molecule has 1 rings (SSSR count). The van der Waals surface area contributed by atoms with E-state index < -0.39 is 0 Å². The highest BCUT2D eigenvalue weighted by Crippen LogP contribution is 2.21. The Hall–Kier alpha value is -1.02. The number of benzene rings is 1. The molecule has 0 saturated carbocycles. The van der Waals surface area contributed by atoms with E-state index in [9.17, 15) is 4.79 Å². The first-order valence-electron chi connectivity index (χ1n) is 4.98. The van der Waals surface area contributed by atoms with Crippen molar-refractivity contribution in [2.45, 2.75) is 27.2 Å². The van der Waals surface area contributed by atoms with E-state index >= 15 is 0 Å². The van der Waals surface area contributed by atoms with Crippen molar-refractivity contribution in [3.63, 3.8) is 0 Å². The van der Waals surface area contributed by atoms with Gasteiger partial charge in [-0.1, -0.05) is 17.7 Å². The van der Waals surface area contributed by atoms with Gasteiger partial charge in [0.25, 0.3) is 0 Å². The van der Waals surface area contributed by atoms with Crippen molar-refractivity contribution in [1.82, 2.24) is 0 Å². The molecule has 0 spiro atoms. The van der Waals surface area contributed by atoms with Crippen molar-refractivity contribution in [3.05, 3.63) is 28.8 Å². The molecule has 0 aromatic heterocycles. The number of hydrogen-bond donors (Lipinski definition) is 1. The Bertz CT molecular complexity index is 351. The number of amides is 1. The van der Waals surface area contributed by atoms with Gasteiger partial charge in [-0.15, -0.1) is 11.6 Å². The van der Waals surface area contributed by atoms with Gasteiger partial charge in [0.2, 0.25) is 5.91 Å². The van der Waals surface area contributed by atoms with Gasteiger partial charge in [0.05, 0.1) is 0 Å². The first kappa shape index (κ1) is 12.1. The van der Waals surface area contributed by atoms with E-state index in [1.807, 2.05) is 20.8 Å². The van der Waals surface area contributed by atoms with Crippen LogP contribution < -0.4 is 5.32 Å². The fraction of sp³-hybridized carbons (Fsp3) is 0.417. The van der Waals surface area contributed by atoms with Crippen molar-refractivity contribution < 1.29 is 4.79 Å². The Morgan fingerprint density at radius 2 is 1.80 bits per heavy atom. The second-order valence-electron chi connectivity index (χ2n) is 3.76. The van der Waals surface area contributed by atoms with Gasteiger partial charge >= 0.3 is 0 Å². The zero-order chi connectivity index (χ0) is 11.4. The van der Waals surface area contributed by atoms with E-state index in [2.05, 4.69) is 17.4 Å². The minimum atomic E-state index is -0.0277. The van der Waals surface area contributed by atoms with Gasteiger partial charge in [-0.2, -0.15) is 0 Å². The molecule has 15 heavy (non-hydrogen) atoms. The lowest BCUT2D eigenvalue weighted by Gasteiger charge is -2.12. The average molecular weight is 226 g/mol. The van der Waals surface area contributed by atoms with Crippen molar-refractivity contribution in [1.29, 1.82) is 0 Å². The number of rotatable bonds is 3. The molecular weight excluding hydrogens is 210 g/mol. The standard InChI is InChI=1S/C12H16ClNO/c1-8-6-9(2)12(10(3)7-8)14-11(15)4-5-13/h6-7H,4-5H2,1-3H3,(H,14,15). The third-order valence-corrected chi connectivity index (χ3v) is 2.45.